The Labute approximate surface area is 195 Å². The molecule has 3 amide bonds. The number of aromatic hydroxyl groups is 2. The average Bonchev–Trinajstić information content (AvgIpc) is 3.29. The first-order chi connectivity index (χ1) is 15.4. The molecule has 172 valence electrons. The van der Waals surface area contributed by atoms with Crippen molar-refractivity contribution < 1.29 is 24.6 Å². The summed E-state index contributed by atoms with van der Waals surface area (Å²) in [4.78, 5) is 42.0. The molecule has 0 bridgehead atoms. The van der Waals surface area contributed by atoms with Gasteiger partial charge in [0.1, 0.15) is 5.54 Å². The van der Waals surface area contributed by atoms with E-state index in [9.17, 15) is 24.6 Å². The van der Waals surface area contributed by atoms with Gasteiger partial charge in [-0.2, -0.15) is 0 Å². The molecular weight excluding hydrogens is 446 g/mol. The summed E-state index contributed by atoms with van der Waals surface area (Å²) in [6, 6.07) is 8.86. The van der Waals surface area contributed by atoms with E-state index in [0.29, 0.717) is 21.8 Å². The highest BCUT2D eigenvalue weighted by molar-refractivity contribution is 6.31. The minimum atomic E-state index is -1.44. The molecule has 4 N–H and O–H groups in total. The summed E-state index contributed by atoms with van der Waals surface area (Å²) in [6.07, 6.45) is 0.261. The van der Waals surface area contributed by atoms with Crippen LogP contribution in [0.5, 0.6) is 11.5 Å². The summed E-state index contributed by atoms with van der Waals surface area (Å²) in [5.74, 6) is -3.40. The second-order valence-electron chi connectivity index (χ2n) is 9.92. The monoisotopic (exact) mass is 469 g/mol. The van der Waals surface area contributed by atoms with Crippen molar-refractivity contribution in [3.63, 3.8) is 0 Å². The lowest BCUT2D eigenvalue weighted by molar-refractivity contribution is -0.147. The Morgan fingerprint density at radius 3 is 2.42 bits per heavy atom. The number of carbonyl (C=O) groups is 3. The van der Waals surface area contributed by atoms with Gasteiger partial charge in [0.05, 0.1) is 11.8 Å². The maximum Gasteiger partial charge on any atom is 0.250 e. The number of benzene rings is 2. The maximum absolute atomic E-state index is 13.7. The Kier molecular flexibility index (Phi) is 4.58. The molecule has 33 heavy (non-hydrogen) atoms. The number of carbonyl (C=O) groups excluding carboxylic acids is 3. The fourth-order valence-electron chi connectivity index (χ4n) is 5.56. The lowest BCUT2D eigenvalue weighted by Gasteiger charge is -2.34. The van der Waals surface area contributed by atoms with Crippen LogP contribution in [-0.2, 0) is 26.3 Å². The lowest BCUT2D eigenvalue weighted by Crippen LogP contribution is -2.56. The van der Waals surface area contributed by atoms with Gasteiger partial charge in [-0.15, -0.1) is 0 Å². The van der Waals surface area contributed by atoms with E-state index in [1.807, 2.05) is 0 Å². The van der Waals surface area contributed by atoms with Crippen molar-refractivity contribution in [2.24, 2.45) is 11.8 Å². The number of nitrogens with one attached hydrogen (secondary N) is 2. The number of hydrogen-bond acceptors (Lipinski definition) is 6. The van der Waals surface area contributed by atoms with Crippen LogP contribution < -0.4 is 10.6 Å². The van der Waals surface area contributed by atoms with E-state index in [0.717, 1.165) is 0 Å². The molecule has 2 aromatic carbocycles. The molecule has 3 aliphatic heterocycles. The molecule has 2 aromatic rings. The van der Waals surface area contributed by atoms with Crippen LogP contribution in [0.25, 0.3) is 0 Å². The van der Waals surface area contributed by atoms with Gasteiger partial charge in [0.25, 0.3) is 0 Å². The largest absolute Gasteiger partial charge is 0.504 e. The van der Waals surface area contributed by atoms with E-state index in [1.54, 1.807) is 45.0 Å². The molecule has 8 nitrogen and oxygen atoms in total. The quantitative estimate of drug-likeness (QED) is 0.396. The molecule has 0 aliphatic carbocycles. The number of phenols is 2. The molecule has 0 aromatic heterocycles. The van der Waals surface area contributed by atoms with Crippen molar-refractivity contribution in [1.82, 2.24) is 10.2 Å². The van der Waals surface area contributed by atoms with Crippen molar-refractivity contribution in [3.8, 4) is 11.5 Å². The van der Waals surface area contributed by atoms with Gasteiger partial charge >= 0.3 is 0 Å². The number of phenolic OH excluding ortho intramolecular Hbond substituents is 2. The van der Waals surface area contributed by atoms with Crippen molar-refractivity contribution in [3.05, 3.63) is 52.5 Å². The second kappa shape index (κ2) is 6.95. The predicted octanol–water partition coefficient (Wildman–Crippen LogP) is 2.51. The fourth-order valence-corrected chi connectivity index (χ4v) is 5.73. The minimum absolute atomic E-state index is 0.253. The molecule has 2 fully saturated rings. The van der Waals surface area contributed by atoms with Crippen molar-refractivity contribution >= 4 is 35.0 Å². The zero-order valence-corrected chi connectivity index (χ0v) is 19.1. The maximum atomic E-state index is 13.7. The van der Waals surface area contributed by atoms with Crippen LogP contribution in [0.15, 0.2) is 36.4 Å². The molecule has 4 atom stereocenters. The van der Waals surface area contributed by atoms with Crippen molar-refractivity contribution in [1.29, 1.82) is 0 Å². The number of imide groups is 1. The smallest absolute Gasteiger partial charge is 0.250 e. The summed E-state index contributed by atoms with van der Waals surface area (Å²) in [5.41, 5.74) is -0.456. The molecule has 0 radical (unpaired) electrons. The highest BCUT2D eigenvalue weighted by Crippen LogP contribution is 2.54. The van der Waals surface area contributed by atoms with Crippen LogP contribution >= 0.6 is 11.6 Å². The normalized spacial score (nSPS) is 28.4. The lowest BCUT2D eigenvalue weighted by atomic mass is 9.76. The number of likely N-dealkylation sites (tertiary alicyclic amines) is 1. The summed E-state index contributed by atoms with van der Waals surface area (Å²) < 4.78 is 0. The Bertz CT molecular complexity index is 1220. The van der Waals surface area contributed by atoms with Crippen LogP contribution in [0.4, 0.5) is 5.69 Å². The van der Waals surface area contributed by atoms with Gasteiger partial charge in [-0.25, -0.2) is 0 Å². The average molecular weight is 470 g/mol. The Balaban J connectivity index is 1.66. The number of rotatable bonds is 2. The molecule has 3 aliphatic rings. The van der Waals surface area contributed by atoms with Crippen LogP contribution in [0.1, 0.15) is 31.9 Å². The van der Waals surface area contributed by atoms with Gasteiger partial charge in [-0.1, -0.05) is 17.7 Å². The second-order valence-corrected chi connectivity index (χ2v) is 10.4. The fraction of sp³-hybridized carbons (Fsp3) is 0.375. The molecule has 5 rings (SSSR count). The summed E-state index contributed by atoms with van der Waals surface area (Å²) in [5, 5.41) is 26.2. The molecule has 0 saturated carbocycles. The van der Waals surface area contributed by atoms with Crippen LogP contribution in [0.3, 0.4) is 0 Å². The van der Waals surface area contributed by atoms with Gasteiger partial charge < -0.3 is 15.5 Å². The number of nitrogens with zero attached hydrogens (tertiary/aromatic N) is 1. The van der Waals surface area contributed by atoms with Crippen molar-refractivity contribution in [2.45, 2.75) is 44.3 Å². The van der Waals surface area contributed by atoms with E-state index >= 15 is 0 Å². The molecular formula is C24H24ClN3O5. The number of fused-ring (bicyclic) bond motifs is 4. The van der Waals surface area contributed by atoms with Crippen LogP contribution in [0.2, 0.25) is 5.02 Å². The Morgan fingerprint density at radius 2 is 1.76 bits per heavy atom. The summed E-state index contributed by atoms with van der Waals surface area (Å²) in [6.45, 7) is 5.36. The summed E-state index contributed by atoms with van der Waals surface area (Å²) in [7, 11) is 0. The first-order valence-corrected chi connectivity index (χ1v) is 11.1. The van der Waals surface area contributed by atoms with E-state index in [2.05, 4.69) is 10.6 Å². The van der Waals surface area contributed by atoms with Gasteiger partial charge in [0.15, 0.2) is 11.5 Å². The first kappa shape index (κ1) is 21.7. The zero-order valence-electron chi connectivity index (χ0n) is 18.3. The molecule has 1 spiro atoms. The van der Waals surface area contributed by atoms with Gasteiger partial charge in [-0.3, -0.25) is 24.6 Å². The van der Waals surface area contributed by atoms with Crippen molar-refractivity contribution in [2.75, 3.05) is 5.32 Å². The van der Waals surface area contributed by atoms with E-state index < -0.39 is 40.8 Å². The topological polar surface area (TPSA) is 119 Å². The van der Waals surface area contributed by atoms with Gasteiger partial charge in [0, 0.05) is 27.9 Å². The third-order valence-corrected chi connectivity index (χ3v) is 7.08. The van der Waals surface area contributed by atoms with E-state index in [-0.39, 0.29) is 23.8 Å². The Morgan fingerprint density at radius 1 is 1.03 bits per heavy atom. The van der Waals surface area contributed by atoms with Crippen LogP contribution in [-0.4, -0.2) is 44.4 Å². The first-order valence-electron chi connectivity index (χ1n) is 10.7. The van der Waals surface area contributed by atoms with E-state index in [4.69, 9.17) is 11.6 Å². The standard InChI is InChI=1S/C24H24ClN3O5/c1-23(2,3)28-20(31)18-15(8-11-4-7-16(29)17(30)9-11)27-24(19(18)21(28)32)13-10-12(25)5-6-14(13)26-22(24)33/h4-7,9-10,15,18-19,27,29-30H,8H2,1-3H3,(H,26,33)/t15-,18+,19-,24-/m0/s1. The molecule has 2 saturated heterocycles. The number of amides is 3. The molecule has 9 heteroatoms. The zero-order chi connectivity index (χ0) is 23.9. The molecule has 0 unspecified atom stereocenters. The third kappa shape index (κ3) is 2.97. The highest BCUT2D eigenvalue weighted by Gasteiger charge is 2.71. The highest BCUT2D eigenvalue weighted by atomic mass is 35.5. The number of anilines is 1. The minimum Gasteiger partial charge on any atom is -0.504 e. The predicted molar refractivity (Wildman–Crippen MR) is 121 cm³/mol. The third-order valence-electron chi connectivity index (χ3n) is 6.84. The SMILES string of the molecule is CC(C)(C)N1C(=O)[C@@H]2[C@H](Cc3ccc(O)c(O)c3)N[C@]3(C(=O)Nc4ccc(Cl)cc43)[C@@H]2C1=O. The Hall–Kier alpha value is -3.10. The molecule has 3 heterocycles. The van der Waals surface area contributed by atoms with Gasteiger partial charge in [0.2, 0.25) is 17.7 Å². The van der Waals surface area contributed by atoms with Crippen LogP contribution in [0, 0.1) is 11.8 Å². The number of halogens is 1. The van der Waals surface area contributed by atoms with E-state index in [1.165, 1.54) is 17.0 Å². The number of hydrogen-bond donors (Lipinski definition) is 4. The van der Waals surface area contributed by atoms with Gasteiger partial charge in [-0.05, 0) is 63.1 Å². The summed E-state index contributed by atoms with van der Waals surface area (Å²) >= 11 is 6.26.